The lowest BCUT2D eigenvalue weighted by Gasteiger charge is -2.27. The molecular formula is C19H27NO4. The van der Waals surface area contributed by atoms with Gasteiger partial charge in [0.25, 0.3) is 0 Å². The van der Waals surface area contributed by atoms with Gasteiger partial charge in [0.1, 0.15) is 12.2 Å². The van der Waals surface area contributed by atoms with Gasteiger partial charge in [-0.15, -0.1) is 0 Å². The number of nitrogens with zero attached hydrogens (tertiary/aromatic N) is 1. The van der Waals surface area contributed by atoms with Gasteiger partial charge in [0.15, 0.2) is 5.78 Å². The number of hydrogen-bond acceptors (Lipinski definition) is 5. The topological polar surface area (TPSA) is 79.1 Å². The summed E-state index contributed by atoms with van der Waals surface area (Å²) in [5.74, 6) is -0.579. The molecule has 2 atom stereocenters. The summed E-state index contributed by atoms with van der Waals surface area (Å²) < 4.78 is 5.56. The number of rotatable bonds is 8. The van der Waals surface area contributed by atoms with Gasteiger partial charge < -0.3 is 14.9 Å². The second kappa shape index (κ2) is 8.76. The molecule has 0 spiro atoms. The Bertz CT molecular complexity index is 591. The normalized spacial score (nSPS) is 15.7. The smallest absolute Gasteiger partial charge is 0.219 e. The zero-order valence-electron chi connectivity index (χ0n) is 14.8. The summed E-state index contributed by atoms with van der Waals surface area (Å²) in [4.78, 5) is 16.5. The number of aliphatic hydroxyl groups excluding tert-OH is 1. The molecule has 132 valence electrons. The van der Waals surface area contributed by atoms with Crippen LogP contribution in [0.25, 0.3) is 0 Å². The van der Waals surface area contributed by atoms with Gasteiger partial charge in [-0.25, -0.2) is 0 Å². The third-order valence-corrected chi connectivity index (χ3v) is 3.82. The third kappa shape index (κ3) is 5.58. The fourth-order valence-corrected chi connectivity index (χ4v) is 2.17. The van der Waals surface area contributed by atoms with Crippen LogP contribution in [0.2, 0.25) is 0 Å². The summed E-state index contributed by atoms with van der Waals surface area (Å²) in [6.07, 6.45) is -0.859. The quantitative estimate of drug-likeness (QED) is 0.435. The lowest BCUT2D eigenvalue weighted by Crippen LogP contribution is -2.42. The van der Waals surface area contributed by atoms with Gasteiger partial charge >= 0.3 is 0 Å². The third-order valence-electron chi connectivity index (χ3n) is 3.82. The molecule has 0 bridgehead atoms. The molecule has 1 aromatic carbocycles. The average molecular weight is 333 g/mol. The van der Waals surface area contributed by atoms with Crippen molar-refractivity contribution in [2.24, 2.45) is 10.9 Å². The summed E-state index contributed by atoms with van der Waals surface area (Å²) in [5.41, 5.74) is -0.803. The molecule has 0 heterocycles. The molecule has 0 aromatic heterocycles. The van der Waals surface area contributed by atoms with Crippen molar-refractivity contribution in [3.63, 3.8) is 0 Å². The van der Waals surface area contributed by atoms with Gasteiger partial charge in [-0.05, 0) is 18.4 Å². The summed E-state index contributed by atoms with van der Waals surface area (Å²) in [6, 6.07) is 9.47. The summed E-state index contributed by atoms with van der Waals surface area (Å²) in [6.45, 7) is 8.97. The Morgan fingerprint density at radius 2 is 1.92 bits per heavy atom. The van der Waals surface area contributed by atoms with Crippen LogP contribution >= 0.6 is 0 Å². The van der Waals surface area contributed by atoms with Gasteiger partial charge in [0, 0.05) is 13.5 Å². The number of benzene rings is 1. The van der Waals surface area contributed by atoms with Crippen molar-refractivity contribution in [3.05, 3.63) is 48.0 Å². The van der Waals surface area contributed by atoms with Crippen LogP contribution in [0.5, 0.6) is 0 Å². The molecule has 0 saturated heterocycles. The van der Waals surface area contributed by atoms with Crippen LogP contribution in [0.1, 0.15) is 32.8 Å². The first kappa shape index (κ1) is 20.1. The maximum absolute atomic E-state index is 12.5. The second-order valence-corrected chi connectivity index (χ2v) is 6.40. The van der Waals surface area contributed by atoms with E-state index in [2.05, 4.69) is 11.6 Å². The molecule has 0 fully saturated rings. The summed E-state index contributed by atoms with van der Waals surface area (Å²) in [5, 5.41) is 20.4. The largest absolute Gasteiger partial charge is 0.473 e. The van der Waals surface area contributed by atoms with E-state index in [-0.39, 0.29) is 30.4 Å². The van der Waals surface area contributed by atoms with Crippen LogP contribution in [0.4, 0.5) is 0 Å². The van der Waals surface area contributed by atoms with E-state index in [9.17, 15) is 15.0 Å². The molecule has 0 aliphatic rings. The Morgan fingerprint density at radius 3 is 2.42 bits per heavy atom. The fourth-order valence-electron chi connectivity index (χ4n) is 2.17. The van der Waals surface area contributed by atoms with Crippen molar-refractivity contribution in [3.8, 4) is 0 Å². The van der Waals surface area contributed by atoms with E-state index in [4.69, 9.17) is 4.74 Å². The zero-order valence-corrected chi connectivity index (χ0v) is 14.8. The van der Waals surface area contributed by atoms with E-state index >= 15 is 0 Å². The van der Waals surface area contributed by atoms with Crippen LogP contribution in [-0.2, 0) is 16.1 Å². The second-order valence-electron chi connectivity index (χ2n) is 6.40. The Kier molecular flexibility index (Phi) is 7.32. The van der Waals surface area contributed by atoms with Crippen molar-refractivity contribution in [2.45, 2.75) is 45.5 Å². The standard InChI is InChI=1S/C19H27NO4/c1-13(2)16(21)11-19(4,23)17(22)14(3)18(20-5)24-12-15-9-7-6-8-10-15/h6-10,13,16,21,23H,3,11-12H2,1-2,4-5H3/t16-,19?/m0/s1. The lowest BCUT2D eigenvalue weighted by atomic mass is 9.86. The summed E-state index contributed by atoms with van der Waals surface area (Å²) >= 11 is 0. The highest BCUT2D eigenvalue weighted by molar-refractivity contribution is 6.21. The highest BCUT2D eigenvalue weighted by Crippen LogP contribution is 2.22. The van der Waals surface area contributed by atoms with E-state index in [0.717, 1.165) is 5.56 Å². The Morgan fingerprint density at radius 1 is 1.33 bits per heavy atom. The van der Waals surface area contributed by atoms with Gasteiger partial charge in [0.05, 0.1) is 11.7 Å². The maximum Gasteiger partial charge on any atom is 0.219 e. The SMILES string of the molecule is C=C(C(=O)C(C)(O)C[C@H](O)C(C)C)C(=NC)OCc1ccccc1. The van der Waals surface area contributed by atoms with Crippen molar-refractivity contribution in [1.29, 1.82) is 0 Å². The van der Waals surface area contributed by atoms with E-state index in [0.29, 0.717) is 0 Å². The predicted molar refractivity (Wildman–Crippen MR) is 94.8 cm³/mol. The molecule has 0 saturated carbocycles. The number of aliphatic imine (C=N–C) groups is 1. The van der Waals surface area contributed by atoms with Crippen LogP contribution in [0.15, 0.2) is 47.5 Å². The minimum atomic E-state index is -1.73. The monoisotopic (exact) mass is 333 g/mol. The van der Waals surface area contributed by atoms with Crippen molar-refractivity contribution in [2.75, 3.05) is 7.05 Å². The molecule has 0 aliphatic carbocycles. The molecule has 1 aromatic rings. The van der Waals surface area contributed by atoms with Crippen LogP contribution < -0.4 is 0 Å². The molecule has 0 radical (unpaired) electrons. The van der Waals surface area contributed by atoms with Gasteiger partial charge in [0.2, 0.25) is 5.90 Å². The molecule has 24 heavy (non-hydrogen) atoms. The first-order valence-electron chi connectivity index (χ1n) is 7.97. The maximum atomic E-state index is 12.5. The van der Waals surface area contributed by atoms with Crippen LogP contribution in [0, 0.1) is 5.92 Å². The summed E-state index contributed by atoms with van der Waals surface area (Å²) in [7, 11) is 1.50. The first-order valence-corrected chi connectivity index (χ1v) is 7.97. The molecule has 0 aliphatic heterocycles. The van der Waals surface area contributed by atoms with E-state index < -0.39 is 17.5 Å². The van der Waals surface area contributed by atoms with Gasteiger partial charge in [-0.2, -0.15) is 0 Å². The number of carbonyl (C=O) groups is 1. The number of hydrogen-bond donors (Lipinski definition) is 2. The van der Waals surface area contributed by atoms with Gasteiger partial charge in [-0.1, -0.05) is 50.8 Å². The van der Waals surface area contributed by atoms with Gasteiger partial charge in [-0.3, -0.25) is 9.79 Å². The number of aliphatic hydroxyl groups is 2. The predicted octanol–water partition coefficient (Wildman–Crippen LogP) is 2.51. The molecule has 2 N–H and O–H groups in total. The average Bonchev–Trinajstić information content (AvgIpc) is 2.54. The Labute approximate surface area is 143 Å². The molecular weight excluding hydrogens is 306 g/mol. The molecule has 1 unspecified atom stereocenters. The zero-order chi connectivity index (χ0) is 18.3. The fraction of sp³-hybridized carbons (Fsp3) is 0.474. The number of ketones is 1. The molecule has 5 heteroatoms. The minimum absolute atomic E-state index is 0.00520. The highest BCUT2D eigenvalue weighted by atomic mass is 16.5. The molecule has 1 rings (SSSR count). The Balaban J connectivity index is 2.75. The van der Waals surface area contributed by atoms with E-state index in [1.807, 2.05) is 44.2 Å². The molecule has 0 amide bonds. The number of carbonyl (C=O) groups excluding carboxylic acids is 1. The van der Waals surface area contributed by atoms with E-state index in [1.54, 1.807) is 0 Å². The van der Waals surface area contributed by atoms with E-state index in [1.165, 1.54) is 14.0 Å². The number of ether oxygens (including phenoxy) is 1. The van der Waals surface area contributed by atoms with Crippen LogP contribution in [-0.4, -0.2) is 40.6 Å². The van der Waals surface area contributed by atoms with Crippen molar-refractivity contribution >= 4 is 11.7 Å². The van der Waals surface area contributed by atoms with Crippen molar-refractivity contribution < 1.29 is 19.7 Å². The highest BCUT2D eigenvalue weighted by Gasteiger charge is 2.36. The lowest BCUT2D eigenvalue weighted by molar-refractivity contribution is -0.134. The minimum Gasteiger partial charge on any atom is -0.473 e. The first-order chi connectivity index (χ1) is 11.2. The van der Waals surface area contributed by atoms with Crippen molar-refractivity contribution in [1.82, 2.24) is 0 Å². The number of Topliss-reactive ketones (excluding diaryl/α,β-unsaturated/α-hetero) is 1. The Hall–Kier alpha value is -1.98. The van der Waals surface area contributed by atoms with Crippen LogP contribution in [0.3, 0.4) is 0 Å². The molecule has 5 nitrogen and oxygen atoms in total.